The van der Waals surface area contributed by atoms with Crippen LogP contribution in [0.15, 0.2) is 24.3 Å². The van der Waals surface area contributed by atoms with Crippen molar-refractivity contribution in [1.82, 2.24) is 10.9 Å². The monoisotopic (exact) mass is 322 g/mol. The minimum Gasteiger partial charge on any atom is -0.484 e. The normalized spacial score (nSPS) is 11.3. The van der Waals surface area contributed by atoms with Crippen LogP contribution < -0.4 is 15.6 Å². The molecule has 0 aromatic heterocycles. The number of esters is 1. The van der Waals surface area contributed by atoms with Crippen molar-refractivity contribution in [2.24, 2.45) is 0 Å². The van der Waals surface area contributed by atoms with Crippen molar-refractivity contribution in [3.8, 4) is 5.75 Å². The molecule has 1 atom stereocenters. The molecule has 0 fully saturated rings. The number of benzene rings is 1. The summed E-state index contributed by atoms with van der Waals surface area (Å²) in [5.74, 6) is -0.850. The average molecular weight is 322 g/mol. The molecule has 23 heavy (non-hydrogen) atoms. The van der Waals surface area contributed by atoms with Crippen molar-refractivity contribution in [1.29, 1.82) is 0 Å². The third kappa shape index (κ3) is 6.82. The zero-order valence-corrected chi connectivity index (χ0v) is 13.5. The van der Waals surface area contributed by atoms with Crippen LogP contribution in [0.4, 0.5) is 0 Å². The second-order valence-electron chi connectivity index (χ2n) is 5.02. The van der Waals surface area contributed by atoms with E-state index >= 15 is 0 Å². The molecule has 126 valence electrons. The maximum atomic E-state index is 11.5. The number of methoxy groups -OCH3 is 1. The van der Waals surface area contributed by atoms with Crippen molar-refractivity contribution >= 4 is 17.8 Å². The van der Waals surface area contributed by atoms with Gasteiger partial charge < -0.3 is 9.47 Å². The molecule has 0 bridgehead atoms. The van der Waals surface area contributed by atoms with E-state index in [-0.39, 0.29) is 6.61 Å². The number of carbonyl (C=O) groups is 3. The quantitative estimate of drug-likeness (QED) is 0.448. The van der Waals surface area contributed by atoms with Crippen LogP contribution in [0.1, 0.15) is 38.2 Å². The summed E-state index contributed by atoms with van der Waals surface area (Å²) in [5.41, 5.74) is 5.45. The number of rotatable bonds is 7. The maximum absolute atomic E-state index is 11.5. The Hall–Kier alpha value is -2.57. The van der Waals surface area contributed by atoms with Crippen LogP contribution in [-0.2, 0) is 19.1 Å². The first kappa shape index (κ1) is 18.5. The largest absolute Gasteiger partial charge is 0.484 e. The Bertz CT molecular complexity index is 542. The Labute approximate surface area is 135 Å². The highest BCUT2D eigenvalue weighted by atomic mass is 16.5. The van der Waals surface area contributed by atoms with Crippen molar-refractivity contribution in [3.63, 3.8) is 0 Å². The molecule has 0 aliphatic rings. The fraction of sp³-hybridized carbons (Fsp3) is 0.438. The predicted octanol–water partition coefficient (Wildman–Crippen LogP) is 1.29. The molecule has 0 radical (unpaired) electrons. The Kier molecular flexibility index (Phi) is 7.59. The van der Waals surface area contributed by atoms with Gasteiger partial charge in [-0.3, -0.25) is 25.2 Å². The fourth-order valence-corrected chi connectivity index (χ4v) is 1.70. The Morgan fingerprint density at radius 3 is 2.26 bits per heavy atom. The third-order valence-electron chi connectivity index (χ3n) is 3.31. The Balaban J connectivity index is 2.33. The molecule has 1 aromatic carbocycles. The Morgan fingerprint density at radius 1 is 1.09 bits per heavy atom. The van der Waals surface area contributed by atoms with Gasteiger partial charge in [0.25, 0.3) is 5.91 Å². The molecule has 1 rings (SSSR count). The van der Waals surface area contributed by atoms with E-state index in [4.69, 9.17) is 4.74 Å². The predicted molar refractivity (Wildman–Crippen MR) is 83.6 cm³/mol. The summed E-state index contributed by atoms with van der Waals surface area (Å²) in [6.45, 7) is 4.01. The number of hydrogen-bond donors (Lipinski definition) is 2. The van der Waals surface area contributed by atoms with Gasteiger partial charge in [0.15, 0.2) is 6.61 Å². The van der Waals surface area contributed by atoms with Gasteiger partial charge in [-0.2, -0.15) is 0 Å². The minimum absolute atomic E-state index is 0.249. The van der Waals surface area contributed by atoms with Crippen molar-refractivity contribution in [3.05, 3.63) is 29.8 Å². The van der Waals surface area contributed by atoms with Crippen LogP contribution in [0.3, 0.4) is 0 Å². The zero-order chi connectivity index (χ0) is 17.2. The minimum atomic E-state index is -0.686. The van der Waals surface area contributed by atoms with Gasteiger partial charge in [0, 0.05) is 0 Å². The summed E-state index contributed by atoms with van der Waals surface area (Å²) < 4.78 is 9.65. The third-order valence-corrected chi connectivity index (χ3v) is 3.31. The molecule has 0 spiro atoms. The van der Waals surface area contributed by atoms with E-state index in [0.29, 0.717) is 11.7 Å². The number of amides is 2. The first-order valence-electron chi connectivity index (χ1n) is 7.33. The van der Waals surface area contributed by atoms with Gasteiger partial charge in [-0.05, 0) is 30.0 Å². The van der Waals surface area contributed by atoms with Gasteiger partial charge in [0.05, 0.1) is 7.11 Å². The van der Waals surface area contributed by atoms with E-state index in [1.807, 2.05) is 12.1 Å². The number of carbonyl (C=O) groups excluding carboxylic acids is 3. The van der Waals surface area contributed by atoms with Gasteiger partial charge >= 0.3 is 5.97 Å². The number of hydrogen-bond acceptors (Lipinski definition) is 5. The lowest BCUT2D eigenvalue weighted by Gasteiger charge is -2.11. The van der Waals surface area contributed by atoms with Crippen molar-refractivity contribution in [2.75, 3.05) is 13.7 Å². The van der Waals surface area contributed by atoms with E-state index in [2.05, 4.69) is 29.4 Å². The summed E-state index contributed by atoms with van der Waals surface area (Å²) in [6.07, 6.45) is 0.586. The van der Waals surface area contributed by atoms with Crippen molar-refractivity contribution in [2.45, 2.75) is 32.6 Å². The average Bonchev–Trinajstić information content (AvgIpc) is 2.57. The number of ether oxygens (including phenoxy) is 2. The van der Waals surface area contributed by atoms with Crippen LogP contribution >= 0.6 is 0 Å². The lowest BCUT2D eigenvalue weighted by Crippen LogP contribution is -2.44. The highest BCUT2D eigenvalue weighted by molar-refractivity contribution is 5.95. The van der Waals surface area contributed by atoms with Gasteiger partial charge in [-0.25, -0.2) is 0 Å². The van der Waals surface area contributed by atoms with Gasteiger partial charge in [-0.15, -0.1) is 0 Å². The summed E-state index contributed by atoms with van der Waals surface area (Å²) in [7, 11) is 1.18. The second kappa shape index (κ2) is 9.45. The summed E-state index contributed by atoms with van der Waals surface area (Å²) in [4.78, 5) is 33.6. The second-order valence-corrected chi connectivity index (χ2v) is 5.02. The highest BCUT2D eigenvalue weighted by Gasteiger charge is 2.10. The molecule has 1 unspecified atom stereocenters. The molecular weight excluding hydrogens is 300 g/mol. The maximum Gasteiger partial charge on any atom is 0.315 e. The van der Waals surface area contributed by atoms with Gasteiger partial charge in [0.2, 0.25) is 5.91 Å². The smallest absolute Gasteiger partial charge is 0.315 e. The molecule has 7 nitrogen and oxygen atoms in total. The van der Waals surface area contributed by atoms with E-state index < -0.39 is 24.2 Å². The first-order valence-corrected chi connectivity index (χ1v) is 7.33. The molecule has 0 saturated heterocycles. The van der Waals surface area contributed by atoms with Crippen LogP contribution in [0.2, 0.25) is 0 Å². The molecular formula is C16H22N2O5. The summed E-state index contributed by atoms with van der Waals surface area (Å²) >= 11 is 0. The van der Waals surface area contributed by atoms with Gasteiger partial charge in [-0.1, -0.05) is 26.0 Å². The number of hydrazine groups is 1. The fourth-order valence-electron chi connectivity index (χ4n) is 1.70. The summed E-state index contributed by atoms with van der Waals surface area (Å²) in [5, 5.41) is 0. The zero-order valence-electron chi connectivity index (χ0n) is 13.5. The van der Waals surface area contributed by atoms with Crippen LogP contribution in [0.5, 0.6) is 5.75 Å². The molecule has 7 heteroatoms. The molecule has 1 aromatic rings. The molecule has 0 saturated carbocycles. The first-order chi connectivity index (χ1) is 11.0. The van der Waals surface area contributed by atoms with E-state index in [1.54, 1.807) is 12.1 Å². The highest BCUT2D eigenvalue weighted by Crippen LogP contribution is 2.21. The molecule has 0 aliphatic carbocycles. The van der Waals surface area contributed by atoms with Crippen molar-refractivity contribution < 1.29 is 23.9 Å². The van der Waals surface area contributed by atoms with Gasteiger partial charge in [0.1, 0.15) is 12.2 Å². The molecule has 2 amide bonds. The SMILES string of the molecule is CCC(C)c1ccc(OCC(=O)NNC(=O)CC(=O)OC)cc1. The van der Waals surface area contributed by atoms with Crippen LogP contribution in [0.25, 0.3) is 0 Å². The topological polar surface area (TPSA) is 93.7 Å². The number of nitrogens with one attached hydrogen (secondary N) is 2. The molecule has 0 heterocycles. The Morgan fingerprint density at radius 2 is 1.70 bits per heavy atom. The molecule has 2 N–H and O–H groups in total. The standard InChI is InChI=1S/C16H22N2O5/c1-4-11(2)12-5-7-13(8-6-12)23-10-15(20)18-17-14(19)9-16(21)22-3/h5-8,11H,4,9-10H2,1-3H3,(H,17,19)(H,18,20). The van der Waals surface area contributed by atoms with E-state index in [1.165, 1.54) is 12.7 Å². The summed E-state index contributed by atoms with van der Waals surface area (Å²) in [6, 6.07) is 7.51. The van der Waals surface area contributed by atoms with Crippen LogP contribution in [0, 0.1) is 0 Å². The van der Waals surface area contributed by atoms with E-state index in [9.17, 15) is 14.4 Å². The molecule has 0 aliphatic heterocycles. The lowest BCUT2D eigenvalue weighted by atomic mass is 9.99. The lowest BCUT2D eigenvalue weighted by molar-refractivity contribution is -0.144. The van der Waals surface area contributed by atoms with Crippen LogP contribution in [-0.4, -0.2) is 31.5 Å². The van der Waals surface area contributed by atoms with E-state index in [0.717, 1.165) is 6.42 Å².